The minimum Gasteiger partial charge on any atom is -0.497 e. The van der Waals surface area contributed by atoms with Gasteiger partial charge < -0.3 is 30.5 Å². The first kappa shape index (κ1) is 23.2. The molecule has 32 heavy (non-hydrogen) atoms. The zero-order valence-corrected chi connectivity index (χ0v) is 19.1. The van der Waals surface area contributed by atoms with E-state index in [1.54, 1.807) is 18.1 Å². The largest absolute Gasteiger partial charge is 0.497 e. The topological polar surface area (TPSA) is 91.1 Å². The van der Waals surface area contributed by atoms with Crippen molar-refractivity contribution in [2.45, 2.75) is 20.3 Å². The smallest absolute Gasteiger partial charge is 0.321 e. The molecule has 8 nitrogen and oxygen atoms in total. The molecule has 8 heteroatoms. The lowest BCUT2D eigenvalue weighted by molar-refractivity contribution is 0.0773. The van der Waals surface area contributed by atoms with Gasteiger partial charge in [-0.1, -0.05) is 0 Å². The van der Waals surface area contributed by atoms with Crippen LogP contribution in [0.1, 0.15) is 30.6 Å². The molecular weight excluding hydrogens is 406 g/mol. The number of urea groups is 1. The Morgan fingerprint density at radius 2 is 1.75 bits per heavy atom. The third-order valence-corrected chi connectivity index (χ3v) is 5.77. The molecule has 0 radical (unpaired) electrons. The first-order valence-corrected chi connectivity index (χ1v) is 11.1. The number of nitrogens with zero attached hydrogens (tertiary/aromatic N) is 3. The van der Waals surface area contributed by atoms with Crippen LogP contribution in [0.3, 0.4) is 0 Å². The predicted molar refractivity (Wildman–Crippen MR) is 129 cm³/mol. The predicted octanol–water partition coefficient (Wildman–Crippen LogP) is 3.50. The van der Waals surface area contributed by atoms with Crippen molar-refractivity contribution in [1.82, 2.24) is 9.80 Å². The lowest BCUT2D eigenvalue weighted by atomic mass is 10.1. The highest BCUT2D eigenvalue weighted by Gasteiger charge is 2.24. The van der Waals surface area contributed by atoms with E-state index < -0.39 is 0 Å². The first-order valence-electron chi connectivity index (χ1n) is 11.1. The summed E-state index contributed by atoms with van der Waals surface area (Å²) < 4.78 is 5.16. The van der Waals surface area contributed by atoms with Gasteiger partial charge in [-0.05, 0) is 62.7 Å². The number of rotatable bonds is 6. The summed E-state index contributed by atoms with van der Waals surface area (Å²) >= 11 is 0. The van der Waals surface area contributed by atoms with Gasteiger partial charge in [-0.25, -0.2) is 4.79 Å². The van der Waals surface area contributed by atoms with E-state index in [1.807, 2.05) is 55.1 Å². The van der Waals surface area contributed by atoms with Crippen molar-refractivity contribution in [3.05, 3.63) is 48.0 Å². The third-order valence-electron chi connectivity index (χ3n) is 5.77. The van der Waals surface area contributed by atoms with Crippen LogP contribution in [0.2, 0.25) is 0 Å². The number of hydrogen-bond acceptors (Lipinski definition) is 5. The lowest BCUT2D eigenvalue weighted by Crippen LogP contribution is -2.38. The molecule has 1 saturated heterocycles. The Kier molecular flexibility index (Phi) is 7.81. The highest BCUT2D eigenvalue weighted by molar-refractivity contribution is 6.00. The molecule has 1 aliphatic heterocycles. The molecule has 0 aliphatic carbocycles. The second kappa shape index (κ2) is 10.7. The SMILES string of the molecule is CCN(CC)C(=O)c1cc(N)ccc1N1CCCN(C(=O)Nc2ccc(OC)cc2)CC1. The van der Waals surface area contributed by atoms with Gasteiger partial charge in [0.25, 0.3) is 5.91 Å². The number of ether oxygens (including phenoxy) is 1. The molecule has 0 spiro atoms. The van der Waals surface area contributed by atoms with E-state index in [9.17, 15) is 9.59 Å². The van der Waals surface area contributed by atoms with Crippen molar-refractivity contribution >= 4 is 29.0 Å². The van der Waals surface area contributed by atoms with Crippen LogP contribution in [0.25, 0.3) is 0 Å². The monoisotopic (exact) mass is 439 g/mol. The van der Waals surface area contributed by atoms with Gasteiger partial charge in [0.1, 0.15) is 5.75 Å². The lowest BCUT2D eigenvalue weighted by Gasteiger charge is -2.28. The summed E-state index contributed by atoms with van der Waals surface area (Å²) in [7, 11) is 1.61. The molecule has 0 unspecified atom stereocenters. The number of carbonyl (C=O) groups is 2. The van der Waals surface area contributed by atoms with Gasteiger partial charge in [-0.15, -0.1) is 0 Å². The van der Waals surface area contributed by atoms with Crippen LogP contribution in [-0.2, 0) is 0 Å². The van der Waals surface area contributed by atoms with Crippen molar-refractivity contribution in [3.8, 4) is 5.75 Å². The number of carbonyl (C=O) groups excluding carboxylic acids is 2. The fourth-order valence-electron chi connectivity index (χ4n) is 3.92. The van der Waals surface area contributed by atoms with Crippen LogP contribution in [0.5, 0.6) is 5.75 Å². The Balaban J connectivity index is 1.71. The number of nitrogens with one attached hydrogen (secondary N) is 1. The first-order chi connectivity index (χ1) is 15.5. The van der Waals surface area contributed by atoms with E-state index in [0.717, 1.165) is 30.1 Å². The van der Waals surface area contributed by atoms with Gasteiger partial charge in [0.2, 0.25) is 0 Å². The third kappa shape index (κ3) is 5.43. The van der Waals surface area contributed by atoms with Crippen molar-refractivity contribution < 1.29 is 14.3 Å². The van der Waals surface area contributed by atoms with Gasteiger partial charge in [0, 0.05) is 56.3 Å². The number of benzene rings is 2. The van der Waals surface area contributed by atoms with Gasteiger partial charge in [-0.2, -0.15) is 0 Å². The quantitative estimate of drug-likeness (QED) is 0.672. The normalized spacial score (nSPS) is 14.0. The molecule has 172 valence electrons. The van der Waals surface area contributed by atoms with Crippen LogP contribution in [0.4, 0.5) is 21.9 Å². The molecule has 0 bridgehead atoms. The van der Waals surface area contributed by atoms with Gasteiger partial charge in [0.15, 0.2) is 0 Å². The number of anilines is 3. The Morgan fingerprint density at radius 1 is 1.03 bits per heavy atom. The maximum absolute atomic E-state index is 13.1. The Bertz CT molecular complexity index is 928. The molecule has 0 atom stereocenters. The summed E-state index contributed by atoms with van der Waals surface area (Å²) in [6, 6.07) is 12.6. The zero-order valence-electron chi connectivity index (χ0n) is 19.1. The van der Waals surface area contributed by atoms with E-state index in [1.165, 1.54) is 0 Å². The minimum atomic E-state index is -0.131. The molecule has 2 aromatic carbocycles. The molecule has 1 heterocycles. The fraction of sp³-hybridized carbons (Fsp3) is 0.417. The summed E-state index contributed by atoms with van der Waals surface area (Å²) in [5.41, 5.74) is 8.78. The minimum absolute atomic E-state index is 0.0179. The van der Waals surface area contributed by atoms with Crippen LogP contribution in [0, 0.1) is 0 Å². The Labute approximate surface area is 189 Å². The van der Waals surface area contributed by atoms with E-state index in [2.05, 4.69) is 10.2 Å². The Hall–Kier alpha value is -3.42. The number of amides is 3. The van der Waals surface area contributed by atoms with E-state index in [4.69, 9.17) is 10.5 Å². The number of nitrogen functional groups attached to an aromatic ring is 1. The fourth-order valence-corrected chi connectivity index (χ4v) is 3.92. The molecule has 3 amide bonds. The van der Waals surface area contributed by atoms with Crippen molar-refractivity contribution in [3.63, 3.8) is 0 Å². The average Bonchev–Trinajstić information content (AvgIpc) is 3.06. The van der Waals surface area contributed by atoms with Gasteiger partial charge in [-0.3, -0.25) is 4.79 Å². The summed E-state index contributed by atoms with van der Waals surface area (Å²) in [6.07, 6.45) is 0.805. The van der Waals surface area contributed by atoms with E-state index in [0.29, 0.717) is 44.0 Å². The van der Waals surface area contributed by atoms with Crippen LogP contribution in [0.15, 0.2) is 42.5 Å². The molecule has 0 saturated carbocycles. The highest BCUT2D eigenvalue weighted by Crippen LogP contribution is 2.26. The number of nitrogens with two attached hydrogens (primary N) is 1. The molecule has 3 rings (SSSR count). The van der Waals surface area contributed by atoms with Gasteiger partial charge >= 0.3 is 6.03 Å². The summed E-state index contributed by atoms with van der Waals surface area (Å²) in [5, 5.41) is 2.95. The standard InChI is InChI=1S/C24H33N5O3/c1-4-27(5-2)23(30)21-17-18(25)7-12-22(21)28-13-6-14-29(16-15-28)24(31)26-19-8-10-20(32-3)11-9-19/h7-12,17H,4-6,13-16,25H2,1-3H3,(H,26,31). The van der Waals surface area contributed by atoms with Crippen molar-refractivity contribution in [1.29, 1.82) is 0 Å². The molecule has 2 aromatic rings. The average molecular weight is 440 g/mol. The maximum Gasteiger partial charge on any atom is 0.321 e. The molecule has 1 fully saturated rings. The number of methoxy groups -OCH3 is 1. The Morgan fingerprint density at radius 3 is 2.41 bits per heavy atom. The van der Waals surface area contributed by atoms with Crippen molar-refractivity contribution in [2.75, 3.05) is 62.3 Å². The van der Waals surface area contributed by atoms with E-state index in [-0.39, 0.29) is 11.9 Å². The van der Waals surface area contributed by atoms with Gasteiger partial charge in [0.05, 0.1) is 12.7 Å². The second-order valence-corrected chi connectivity index (χ2v) is 7.74. The summed E-state index contributed by atoms with van der Waals surface area (Å²) in [5.74, 6) is 0.725. The highest BCUT2D eigenvalue weighted by atomic mass is 16.5. The molecule has 3 N–H and O–H groups in total. The molecule has 1 aliphatic rings. The number of hydrogen-bond donors (Lipinski definition) is 2. The summed E-state index contributed by atoms with van der Waals surface area (Å²) in [6.45, 7) is 7.83. The van der Waals surface area contributed by atoms with E-state index >= 15 is 0 Å². The second-order valence-electron chi connectivity index (χ2n) is 7.74. The summed E-state index contributed by atoms with van der Waals surface area (Å²) in [4.78, 5) is 31.7. The zero-order chi connectivity index (χ0) is 23.1. The van der Waals surface area contributed by atoms with Crippen LogP contribution >= 0.6 is 0 Å². The maximum atomic E-state index is 13.1. The molecular formula is C24H33N5O3. The van der Waals surface area contributed by atoms with Crippen LogP contribution in [-0.4, -0.2) is 68.1 Å². The van der Waals surface area contributed by atoms with Crippen molar-refractivity contribution in [2.24, 2.45) is 0 Å². The van der Waals surface area contributed by atoms with Crippen LogP contribution < -0.4 is 20.7 Å². The molecule has 0 aromatic heterocycles.